The van der Waals surface area contributed by atoms with Crippen molar-refractivity contribution in [2.24, 2.45) is 0 Å². The minimum atomic E-state index is -0.298. The fourth-order valence-corrected chi connectivity index (χ4v) is 4.04. The summed E-state index contributed by atoms with van der Waals surface area (Å²) in [6.45, 7) is 8.69. The number of nitrogens with one attached hydrogen (secondary N) is 2. The molecule has 0 spiro atoms. The molecular weight excluding hydrogens is 466 g/mol. The van der Waals surface area contributed by atoms with E-state index in [4.69, 9.17) is 21.6 Å². The summed E-state index contributed by atoms with van der Waals surface area (Å²) in [5.74, 6) is 1.18. The molecule has 2 N–H and O–H groups in total. The van der Waals surface area contributed by atoms with Gasteiger partial charge in [-0.2, -0.15) is 0 Å². The number of anilines is 1. The molecule has 36 heavy (non-hydrogen) atoms. The van der Waals surface area contributed by atoms with Crippen molar-refractivity contribution in [1.82, 2.24) is 10.3 Å². The van der Waals surface area contributed by atoms with Crippen molar-refractivity contribution in [3.05, 3.63) is 89.5 Å². The van der Waals surface area contributed by atoms with Gasteiger partial charge in [0.15, 0.2) is 10.7 Å². The van der Waals surface area contributed by atoms with Crippen LogP contribution in [0.5, 0.6) is 0 Å². The topological polar surface area (TPSA) is 67.2 Å². The Labute approximate surface area is 217 Å². The lowest BCUT2D eigenvalue weighted by molar-refractivity contribution is -0.115. The van der Waals surface area contributed by atoms with Crippen LogP contribution < -0.4 is 10.6 Å². The fraction of sp³-hybridized carbons (Fsp3) is 0.233. The van der Waals surface area contributed by atoms with Gasteiger partial charge in [0.1, 0.15) is 5.52 Å². The molecule has 1 heterocycles. The number of oxazole rings is 1. The quantitative estimate of drug-likeness (QED) is 0.203. The van der Waals surface area contributed by atoms with E-state index in [0.29, 0.717) is 17.7 Å². The lowest BCUT2D eigenvalue weighted by Crippen LogP contribution is -2.32. The summed E-state index contributed by atoms with van der Waals surface area (Å²) in [6, 6.07) is 21.9. The van der Waals surface area contributed by atoms with Crippen LogP contribution in [0, 0.1) is 0 Å². The number of fused-ring (bicyclic) bond motifs is 1. The van der Waals surface area contributed by atoms with Crippen molar-refractivity contribution in [1.29, 1.82) is 0 Å². The van der Waals surface area contributed by atoms with Gasteiger partial charge in [0.05, 0.1) is 0 Å². The molecule has 1 amide bonds. The van der Waals surface area contributed by atoms with Crippen LogP contribution in [0.4, 0.5) is 5.69 Å². The molecule has 0 fully saturated rings. The second-order valence-electron chi connectivity index (χ2n) is 9.23. The third-order valence-electron chi connectivity index (χ3n) is 6.23. The average molecular weight is 498 g/mol. The van der Waals surface area contributed by atoms with Crippen LogP contribution in [0.25, 0.3) is 28.6 Å². The summed E-state index contributed by atoms with van der Waals surface area (Å²) in [7, 11) is 0. The minimum absolute atomic E-state index is 0.215. The molecule has 0 radical (unpaired) electrons. The number of benzene rings is 3. The van der Waals surface area contributed by atoms with E-state index in [1.165, 1.54) is 17.2 Å². The van der Waals surface area contributed by atoms with E-state index >= 15 is 0 Å². The first kappa shape index (κ1) is 25.3. The van der Waals surface area contributed by atoms with E-state index in [9.17, 15) is 4.79 Å². The molecule has 6 heteroatoms. The van der Waals surface area contributed by atoms with E-state index in [0.717, 1.165) is 34.3 Å². The van der Waals surface area contributed by atoms with Gasteiger partial charge in [-0.3, -0.25) is 10.1 Å². The van der Waals surface area contributed by atoms with Gasteiger partial charge in [-0.25, -0.2) is 4.98 Å². The smallest absolute Gasteiger partial charge is 0.250 e. The number of aromatic nitrogens is 1. The Bertz CT molecular complexity index is 1400. The third-order valence-corrected chi connectivity index (χ3v) is 6.43. The number of carbonyl (C=O) groups is 1. The predicted octanol–water partition coefficient (Wildman–Crippen LogP) is 7.66. The van der Waals surface area contributed by atoms with Gasteiger partial charge in [-0.05, 0) is 83.6 Å². The lowest BCUT2D eigenvalue weighted by atomic mass is 9.98. The van der Waals surface area contributed by atoms with Crippen molar-refractivity contribution >= 4 is 46.1 Å². The molecule has 0 saturated carbocycles. The molecule has 4 rings (SSSR count). The molecule has 0 bridgehead atoms. The van der Waals surface area contributed by atoms with Gasteiger partial charge in [0.2, 0.25) is 11.8 Å². The van der Waals surface area contributed by atoms with Crippen LogP contribution in [0.3, 0.4) is 0 Å². The maximum Gasteiger partial charge on any atom is 0.250 e. The van der Waals surface area contributed by atoms with Gasteiger partial charge in [0.25, 0.3) is 0 Å². The molecule has 1 atom stereocenters. The van der Waals surface area contributed by atoms with Crippen molar-refractivity contribution in [3.8, 4) is 11.5 Å². The number of nitrogens with zero attached hydrogens (tertiary/aromatic N) is 1. The van der Waals surface area contributed by atoms with E-state index in [2.05, 4.69) is 62.6 Å². The first-order chi connectivity index (χ1) is 17.3. The Hall–Kier alpha value is -3.77. The molecule has 0 aliphatic rings. The Morgan fingerprint density at radius 2 is 1.78 bits per heavy atom. The molecule has 3 aromatic carbocycles. The van der Waals surface area contributed by atoms with Gasteiger partial charge >= 0.3 is 0 Å². The first-order valence-electron chi connectivity index (χ1n) is 12.2. The molecular formula is C30H31N3O2S. The molecule has 0 aliphatic heterocycles. The molecule has 0 aliphatic carbocycles. The van der Waals surface area contributed by atoms with Gasteiger partial charge < -0.3 is 9.73 Å². The zero-order valence-electron chi connectivity index (χ0n) is 21.0. The molecule has 5 nitrogen and oxygen atoms in total. The van der Waals surface area contributed by atoms with Crippen molar-refractivity contribution < 1.29 is 9.21 Å². The van der Waals surface area contributed by atoms with Crippen molar-refractivity contribution in [2.45, 2.75) is 46.0 Å². The highest BCUT2D eigenvalue weighted by molar-refractivity contribution is 7.80. The second kappa shape index (κ2) is 11.3. The molecule has 0 saturated heterocycles. The largest absolute Gasteiger partial charge is 0.436 e. The fourth-order valence-electron chi connectivity index (χ4n) is 3.82. The van der Waals surface area contributed by atoms with E-state index in [1.807, 2.05) is 42.5 Å². The molecule has 4 aromatic rings. The summed E-state index contributed by atoms with van der Waals surface area (Å²) < 4.78 is 5.99. The number of carbonyl (C=O) groups excluding carboxylic acids is 1. The van der Waals surface area contributed by atoms with Crippen molar-refractivity contribution in [2.75, 3.05) is 5.32 Å². The number of hydrogen-bond acceptors (Lipinski definition) is 4. The Balaban J connectivity index is 1.39. The van der Waals surface area contributed by atoms with Crippen LogP contribution in [0.15, 0.2) is 77.2 Å². The summed E-state index contributed by atoms with van der Waals surface area (Å²) in [5, 5.41) is 5.96. The van der Waals surface area contributed by atoms with Crippen LogP contribution in [-0.4, -0.2) is 16.0 Å². The van der Waals surface area contributed by atoms with E-state index in [1.54, 1.807) is 6.08 Å². The van der Waals surface area contributed by atoms with Crippen molar-refractivity contribution in [3.63, 3.8) is 0 Å². The van der Waals surface area contributed by atoms with E-state index < -0.39 is 0 Å². The van der Waals surface area contributed by atoms with Crippen LogP contribution >= 0.6 is 12.2 Å². The third kappa shape index (κ3) is 6.26. The summed E-state index contributed by atoms with van der Waals surface area (Å²) in [6.07, 6.45) is 4.31. The number of amides is 1. The monoisotopic (exact) mass is 497 g/mol. The predicted molar refractivity (Wildman–Crippen MR) is 152 cm³/mol. The standard InChI is InChI=1S/C30H31N3O2S/c1-5-20(4)23-14-15-27-26(18-23)32-29(35-27)24-7-6-8-25(17-24)31-30(36)33-28(34)16-11-21-9-12-22(13-10-21)19(2)3/h6-20H,5H2,1-4H3,(H2,31,33,34,36)/b16-11+/t20-/m1/s1. The lowest BCUT2D eigenvalue weighted by Gasteiger charge is -2.09. The maximum absolute atomic E-state index is 12.3. The van der Waals surface area contributed by atoms with Crippen LogP contribution in [0.2, 0.25) is 0 Å². The molecule has 184 valence electrons. The zero-order valence-corrected chi connectivity index (χ0v) is 21.9. The molecule has 1 aromatic heterocycles. The highest BCUT2D eigenvalue weighted by atomic mass is 32.1. The van der Waals surface area contributed by atoms with Gasteiger partial charge in [-0.15, -0.1) is 0 Å². The highest BCUT2D eigenvalue weighted by Crippen LogP contribution is 2.29. The SMILES string of the molecule is CC[C@@H](C)c1ccc2oc(-c3cccc(NC(=S)NC(=O)/C=C/c4ccc(C(C)C)cc4)c3)nc2c1. The highest BCUT2D eigenvalue weighted by Gasteiger charge is 2.12. The van der Waals surface area contributed by atoms with Gasteiger partial charge in [0, 0.05) is 17.3 Å². The van der Waals surface area contributed by atoms with Crippen LogP contribution in [0.1, 0.15) is 62.6 Å². The normalized spacial score (nSPS) is 12.2. The maximum atomic E-state index is 12.3. The average Bonchev–Trinajstić information content (AvgIpc) is 3.31. The second-order valence-corrected chi connectivity index (χ2v) is 9.64. The Kier molecular flexibility index (Phi) is 7.96. The zero-order chi connectivity index (χ0) is 25.7. The minimum Gasteiger partial charge on any atom is -0.436 e. The van der Waals surface area contributed by atoms with Crippen LogP contribution in [-0.2, 0) is 4.79 Å². The van der Waals surface area contributed by atoms with E-state index in [-0.39, 0.29) is 11.0 Å². The number of thiocarbonyl (C=S) groups is 1. The number of rotatable bonds is 7. The summed E-state index contributed by atoms with van der Waals surface area (Å²) in [4.78, 5) is 17.0. The molecule has 0 unspecified atom stereocenters. The summed E-state index contributed by atoms with van der Waals surface area (Å²) in [5.41, 5.74) is 6.61. The Morgan fingerprint density at radius 1 is 1.03 bits per heavy atom. The van der Waals surface area contributed by atoms with Gasteiger partial charge in [-0.1, -0.05) is 64.1 Å². The number of hydrogen-bond donors (Lipinski definition) is 2. The Morgan fingerprint density at radius 3 is 2.50 bits per heavy atom. The first-order valence-corrected chi connectivity index (χ1v) is 12.6. The summed E-state index contributed by atoms with van der Waals surface area (Å²) >= 11 is 5.34.